The average molecular weight is 618 g/mol. The number of hydrogen-bond acceptors (Lipinski definition) is 7. The Morgan fingerprint density at radius 1 is 1.30 bits per heavy atom. The van der Waals surface area contributed by atoms with Crippen molar-refractivity contribution >= 4 is 50.9 Å². The minimum atomic E-state index is -5.00. The molecule has 1 aliphatic heterocycles. The van der Waals surface area contributed by atoms with Crippen LogP contribution in [0, 0.1) is 0 Å². The van der Waals surface area contributed by atoms with Gasteiger partial charge in [0.05, 0.1) is 34.3 Å². The predicted octanol–water partition coefficient (Wildman–Crippen LogP) is 4.47. The Morgan fingerprint density at radius 3 is 2.57 bits per heavy atom. The number of halogens is 5. The van der Waals surface area contributed by atoms with Gasteiger partial charge in [0.15, 0.2) is 22.0 Å². The summed E-state index contributed by atoms with van der Waals surface area (Å²) in [5.41, 5.74) is -2.27. The van der Waals surface area contributed by atoms with E-state index in [1.54, 1.807) is 0 Å². The van der Waals surface area contributed by atoms with Crippen LogP contribution >= 0.6 is 38.9 Å². The lowest BCUT2D eigenvalue weighted by molar-refractivity contribution is -0.140. The number of aromatic hydroxyl groups is 1. The molecule has 0 aliphatic carbocycles. The molecule has 0 spiro atoms. The first-order valence-corrected chi connectivity index (χ1v) is 12.6. The topological polar surface area (TPSA) is 90.1 Å². The average Bonchev–Trinajstić information content (AvgIpc) is 3.15. The van der Waals surface area contributed by atoms with Crippen molar-refractivity contribution in [2.24, 2.45) is 4.99 Å². The van der Waals surface area contributed by atoms with Gasteiger partial charge in [0.25, 0.3) is 5.56 Å². The monoisotopic (exact) mass is 616 g/mol. The van der Waals surface area contributed by atoms with E-state index in [-0.39, 0.29) is 37.5 Å². The molecule has 7 nitrogen and oxygen atoms in total. The molecule has 0 fully saturated rings. The van der Waals surface area contributed by atoms with Crippen LogP contribution in [0.3, 0.4) is 0 Å². The second-order valence-electron chi connectivity index (χ2n) is 7.67. The zero-order valence-corrected chi connectivity index (χ0v) is 22.3. The van der Waals surface area contributed by atoms with Crippen molar-refractivity contribution < 1.29 is 32.5 Å². The lowest BCUT2D eigenvalue weighted by Gasteiger charge is -2.26. The minimum Gasteiger partial charge on any atom is -0.503 e. The number of esters is 1. The summed E-state index contributed by atoms with van der Waals surface area (Å²) >= 11 is 9.89. The van der Waals surface area contributed by atoms with E-state index in [1.807, 2.05) is 0 Å². The lowest BCUT2D eigenvalue weighted by atomic mass is 9.95. The molecule has 1 aliphatic rings. The Labute approximate surface area is 224 Å². The summed E-state index contributed by atoms with van der Waals surface area (Å²) in [5.74, 6) is -1.27. The number of alkyl halides is 3. The molecule has 1 N–H and O–H groups in total. The van der Waals surface area contributed by atoms with E-state index in [2.05, 4.69) is 20.9 Å². The fourth-order valence-corrected chi connectivity index (χ4v) is 5.37. The Kier molecular flexibility index (Phi) is 7.54. The van der Waals surface area contributed by atoms with Crippen molar-refractivity contribution in [1.82, 2.24) is 4.57 Å². The van der Waals surface area contributed by atoms with Crippen molar-refractivity contribution in [3.05, 3.63) is 88.0 Å². The molecule has 2 aromatic carbocycles. The van der Waals surface area contributed by atoms with Crippen LogP contribution in [0.2, 0.25) is 5.02 Å². The summed E-state index contributed by atoms with van der Waals surface area (Å²) in [4.78, 5) is 29.9. The summed E-state index contributed by atoms with van der Waals surface area (Å²) in [6.45, 7) is 1.28. The third-order valence-electron chi connectivity index (χ3n) is 5.35. The second-order valence-corrected chi connectivity index (χ2v) is 9.97. The van der Waals surface area contributed by atoms with E-state index < -0.39 is 35.0 Å². The van der Waals surface area contributed by atoms with E-state index in [9.17, 15) is 27.9 Å². The lowest BCUT2D eigenvalue weighted by Crippen LogP contribution is -2.41. The molecule has 3 aromatic rings. The number of phenolic OH excluding ortho intramolecular Hbond substituents is 1. The van der Waals surface area contributed by atoms with Crippen LogP contribution in [0.4, 0.5) is 13.2 Å². The maximum absolute atomic E-state index is 14.1. The molecule has 37 heavy (non-hydrogen) atoms. The summed E-state index contributed by atoms with van der Waals surface area (Å²) in [5, 5.41) is 10.4. The third kappa shape index (κ3) is 5.18. The number of fused-ring (bicyclic) bond motifs is 1. The van der Waals surface area contributed by atoms with E-state index in [0.717, 1.165) is 15.9 Å². The van der Waals surface area contributed by atoms with Gasteiger partial charge in [-0.1, -0.05) is 35.1 Å². The van der Waals surface area contributed by atoms with E-state index in [0.29, 0.717) is 10.6 Å². The van der Waals surface area contributed by atoms with Crippen molar-refractivity contribution in [2.75, 3.05) is 13.7 Å². The minimum absolute atomic E-state index is 0.0454. The molecule has 0 saturated carbocycles. The Bertz CT molecular complexity index is 1600. The predicted molar refractivity (Wildman–Crippen MR) is 135 cm³/mol. The molecule has 0 bridgehead atoms. The Balaban J connectivity index is 2.04. The fraction of sp³-hybridized carbons (Fsp3) is 0.208. The van der Waals surface area contributed by atoms with E-state index in [1.165, 1.54) is 56.5 Å². The Hall–Kier alpha value is -3.09. The largest absolute Gasteiger partial charge is 0.503 e. The van der Waals surface area contributed by atoms with Crippen LogP contribution < -0.4 is 19.6 Å². The highest BCUT2D eigenvalue weighted by atomic mass is 79.9. The number of carbonyl (C=O) groups is 1. The van der Waals surface area contributed by atoms with Crippen LogP contribution in [0.15, 0.2) is 61.9 Å². The first-order valence-electron chi connectivity index (χ1n) is 10.6. The van der Waals surface area contributed by atoms with Gasteiger partial charge in [0.1, 0.15) is 0 Å². The van der Waals surface area contributed by atoms with Crippen LogP contribution in [-0.4, -0.2) is 35.5 Å². The highest BCUT2D eigenvalue weighted by molar-refractivity contribution is 9.10. The van der Waals surface area contributed by atoms with Crippen molar-refractivity contribution in [1.29, 1.82) is 0 Å². The second kappa shape index (κ2) is 10.3. The molecule has 0 amide bonds. The number of aromatic nitrogens is 1. The highest BCUT2D eigenvalue weighted by Gasteiger charge is 2.45. The molecule has 1 atom stereocenters. The Morgan fingerprint density at radius 2 is 1.97 bits per heavy atom. The molecular weight excluding hydrogens is 601 g/mol. The summed E-state index contributed by atoms with van der Waals surface area (Å²) in [6.07, 6.45) is -3.58. The molecule has 4 rings (SSSR count). The number of rotatable bonds is 5. The SMILES string of the molecule is CCOC(=O)C1=C(C(F)(F)F)N=c2s/c(=C\c3cc(Br)c(O)c(OC)c3)c(=O)n2[C@H]1c1ccc(Cl)cc1. The summed E-state index contributed by atoms with van der Waals surface area (Å²) < 4.78 is 53.9. The smallest absolute Gasteiger partial charge is 0.434 e. The van der Waals surface area contributed by atoms with Crippen molar-refractivity contribution in [3.63, 3.8) is 0 Å². The van der Waals surface area contributed by atoms with Gasteiger partial charge < -0.3 is 14.6 Å². The van der Waals surface area contributed by atoms with Gasteiger partial charge in [0.2, 0.25) is 0 Å². The van der Waals surface area contributed by atoms with Gasteiger partial charge in [-0.3, -0.25) is 9.36 Å². The zero-order valence-electron chi connectivity index (χ0n) is 19.1. The molecule has 0 unspecified atom stereocenters. The van der Waals surface area contributed by atoms with Crippen molar-refractivity contribution in [3.8, 4) is 11.5 Å². The number of allylic oxidation sites excluding steroid dienone is 1. The van der Waals surface area contributed by atoms with Gasteiger partial charge in [-0.15, -0.1) is 0 Å². The first kappa shape index (κ1) is 27.0. The van der Waals surface area contributed by atoms with Crippen LogP contribution in [0.5, 0.6) is 11.5 Å². The van der Waals surface area contributed by atoms with Gasteiger partial charge in [-0.2, -0.15) is 13.2 Å². The number of ether oxygens (including phenoxy) is 2. The summed E-state index contributed by atoms with van der Waals surface area (Å²) in [7, 11) is 1.35. The molecule has 194 valence electrons. The van der Waals surface area contributed by atoms with Crippen LogP contribution in [0.1, 0.15) is 24.1 Å². The van der Waals surface area contributed by atoms with Crippen LogP contribution in [-0.2, 0) is 9.53 Å². The molecular formula is C24H17BrClF3N2O5S. The summed E-state index contributed by atoms with van der Waals surface area (Å²) in [6, 6.07) is 7.27. The maximum Gasteiger partial charge on any atom is 0.434 e. The van der Waals surface area contributed by atoms with Crippen LogP contribution in [0.25, 0.3) is 6.08 Å². The third-order valence-corrected chi connectivity index (χ3v) is 7.19. The molecule has 13 heteroatoms. The van der Waals surface area contributed by atoms with Gasteiger partial charge >= 0.3 is 12.1 Å². The number of carbonyl (C=O) groups excluding carboxylic acids is 1. The first-order chi connectivity index (χ1) is 17.5. The van der Waals surface area contributed by atoms with Gasteiger partial charge in [-0.05, 0) is 64.3 Å². The van der Waals surface area contributed by atoms with E-state index in [4.69, 9.17) is 21.1 Å². The quantitative estimate of drug-likeness (QED) is 0.427. The highest BCUT2D eigenvalue weighted by Crippen LogP contribution is 2.39. The standard InChI is InChI=1S/C24H17BrClF3N2O5S/c1-3-36-22(34)17-18(12-4-6-13(26)7-5-12)31-21(33)16(37-23(31)30-20(17)24(27,28)29)10-11-8-14(25)19(32)15(9-11)35-2/h4-10,18,32H,3H2,1-2H3/b16-10-/t18-/m0/s1. The zero-order chi connectivity index (χ0) is 27.1. The van der Waals surface area contributed by atoms with Gasteiger partial charge in [-0.25, -0.2) is 9.79 Å². The number of benzene rings is 2. The number of methoxy groups -OCH3 is 1. The van der Waals surface area contributed by atoms with Gasteiger partial charge in [0, 0.05) is 5.02 Å². The van der Waals surface area contributed by atoms with Crippen molar-refractivity contribution in [2.45, 2.75) is 19.1 Å². The number of phenols is 1. The number of hydrogen-bond donors (Lipinski definition) is 1. The number of thiazole rings is 1. The molecule has 0 radical (unpaired) electrons. The molecule has 2 heterocycles. The number of nitrogens with zero attached hydrogens (tertiary/aromatic N) is 2. The molecule has 1 aromatic heterocycles. The fourth-order valence-electron chi connectivity index (χ4n) is 3.78. The van der Waals surface area contributed by atoms with E-state index >= 15 is 0 Å². The molecule has 0 saturated heterocycles. The maximum atomic E-state index is 14.1. The normalized spacial score (nSPS) is 15.9.